The average Bonchev–Trinajstić information content (AvgIpc) is 3.18. The third kappa shape index (κ3) is 4.57. The standard InChI is InChI=1S/C20H25N5O2S2/c1-3-25(20-22-11-16-12-29(26,27)9-6-17(16)24-20)8-7-21-14(2)15-4-5-19-18(10-15)23-13-28-19/h4-5,10-11,13-14,21H,3,6-9,12H2,1-2H3. The van der Waals surface area contributed by atoms with Crippen molar-refractivity contribution in [3.8, 4) is 0 Å². The van der Waals surface area contributed by atoms with E-state index in [1.54, 1.807) is 17.5 Å². The van der Waals surface area contributed by atoms with Gasteiger partial charge in [-0.05, 0) is 31.5 Å². The molecular formula is C20H25N5O2S2. The second-order valence-electron chi connectivity index (χ2n) is 7.32. The molecule has 1 aromatic carbocycles. The van der Waals surface area contributed by atoms with E-state index < -0.39 is 9.84 Å². The van der Waals surface area contributed by atoms with E-state index in [-0.39, 0.29) is 17.5 Å². The lowest BCUT2D eigenvalue weighted by atomic mass is 10.1. The lowest BCUT2D eigenvalue weighted by molar-refractivity contribution is 0.568. The molecule has 0 radical (unpaired) electrons. The number of likely N-dealkylation sites (N-methyl/N-ethyl adjacent to an activating group) is 1. The molecule has 154 valence electrons. The van der Waals surface area contributed by atoms with Crippen LogP contribution in [-0.2, 0) is 22.0 Å². The highest BCUT2D eigenvalue weighted by molar-refractivity contribution is 7.90. The van der Waals surface area contributed by atoms with Crippen molar-refractivity contribution in [2.75, 3.05) is 30.3 Å². The van der Waals surface area contributed by atoms with Crippen molar-refractivity contribution in [2.24, 2.45) is 0 Å². The summed E-state index contributed by atoms with van der Waals surface area (Å²) in [7, 11) is -3.00. The van der Waals surface area contributed by atoms with Crippen molar-refractivity contribution in [1.29, 1.82) is 0 Å². The molecule has 3 aromatic rings. The Hall–Kier alpha value is -2.10. The number of hydrogen-bond acceptors (Lipinski definition) is 8. The van der Waals surface area contributed by atoms with Crippen LogP contribution >= 0.6 is 11.3 Å². The largest absolute Gasteiger partial charge is 0.340 e. The second-order valence-corrected chi connectivity index (χ2v) is 10.4. The SMILES string of the molecule is CCN(CCNC(C)c1ccc2scnc2c1)c1ncc2c(n1)CCS(=O)(=O)C2. The zero-order chi connectivity index (χ0) is 20.4. The van der Waals surface area contributed by atoms with Crippen LogP contribution in [0.5, 0.6) is 0 Å². The van der Waals surface area contributed by atoms with Gasteiger partial charge in [0.25, 0.3) is 0 Å². The Bertz CT molecular complexity index is 1110. The van der Waals surface area contributed by atoms with Crippen molar-refractivity contribution in [3.63, 3.8) is 0 Å². The number of anilines is 1. The summed E-state index contributed by atoms with van der Waals surface area (Å²) in [6.07, 6.45) is 2.15. The van der Waals surface area contributed by atoms with Gasteiger partial charge in [-0.3, -0.25) is 0 Å². The van der Waals surface area contributed by atoms with Gasteiger partial charge < -0.3 is 10.2 Å². The molecule has 7 nitrogen and oxygen atoms in total. The number of rotatable bonds is 7. The molecule has 0 fully saturated rings. The van der Waals surface area contributed by atoms with Gasteiger partial charge in [0.15, 0.2) is 9.84 Å². The van der Waals surface area contributed by atoms with Gasteiger partial charge in [0, 0.05) is 43.9 Å². The van der Waals surface area contributed by atoms with Crippen LogP contribution in [0.3, 0.4) is 0 Å². The molecule has 1 aliphatic heterocycles. The molecule has 0 aliphatic carbocycles. The van der Waals surface area contributed by atoms with E-state index in [0.29, 0.717) is 12.4 Å². The summed E-state index contributed by atoms with van der Waals surface area (Å²) in [5.41, 5.74) is 5.74. The van der Waals surface area contributed by atoms with Gasteiger partial charge in [0.05, 0.1) is 32.9 Å². The Morgan fingerprint density at radius 1 is 1.31 bits per heavy atom. The first-order valence-electron chi connectivity index (χ1n) is 9.82. The van der Waals surface area contributed by atoms with Crippen molar-refractivity contribution in [1.82, 2.24) is 20.3 Å². The smallest absolute Gasteiger partial charge is 0.225 e. The summed E-state index contributed by atoms with van der Waals surface area (Å²) in [4.78, 5) is 15.6. The number of fused-ring (bicyclic) bond motifs is 2. The van der Waals surface area contributed by atoms with E-state index in [2.05, 4.69) is 57.2 Å². The fourth-order valence-corrected chi connectivity index (χ4v) is 5.58. The molecule has 2 aromatic heterocycles. The molecule has 0 saturated carbocycles. The van der Waals surface area contributed by atoms with Gasteiger partial charge in [0.1, 0.15) is 0 Å². The first-order valence-corrected chi connectivity index (χ1v) is 12.5. The van der Waals surface area contributed by atoms with Gasteiger partial charge in [0.2, 0.25) is 5.95 Å². The number of aromatic nitrogens is 3. The van der Waals surface area contributed by atoms with E-state index >= 15 is 0 Å². The molecule has 9 heteroatoms. The predicted octanol–water partition coefficient (Wildman–Crippen LogP) is 2.73. The fourth-order valence-electron chi connectivity index (χ4n) is 3.56. The van der Waals surface area contributed by atoms with E-state index in [1.165, 1.54) is 10.3 Å². The van der Waals surface area contributed by atoms with E-state index in [1.807, 2.05) is 5.51 Å². The molecule has 0 bridgehead atoms. The second kappa shape index (κ2) is 8.33. The molecule has 1 atom stereocenters. The number of hydrogen-bond donors (Lipinski definition) is 1. The summed E-state index contributed by atoms with van der Waals surface area (Å²) in [6.45, 7) is 6.58. The summed E-state index contributed by atoms with van der Waals surface area (Å²) < 4.78 is 24.8. The van der Waals surface area contributed by atoms with E-state index in [0.717, 1.165) is 36.4 Å². The Morgan fingerprint density at radius 3 is 3.00 bits per heavy atom. The van der Waals surface area contributed by atoms with Crippen LogP contribution in [0.1, 0.15) is 36.7 Å². The minimum absolute atomic E-state index is 0.0527. The Balaban J connectivity index is 1.38. The van der Waals surface area contributed by atoms with Crippen LogP contribution in [0, 0.1) is 0 Å². The van der Waals surface area contributed by atoms with Crippen LogP contribution in [0.4, 0.5) is 5.95 Å². The Morgan fingerprint density at radius 2 is 2.17 bits per heavy atom. The lowest BCUT2D eigenvalue weighted by Crippen LogP contribution is -2.34. The molecule has 3 heterocycles. The van der Waals surface area contributed by atoms with Crippen LogP contribution in [0.2, 0.25) is 0 Å². The summed E-state index contributed by atoms with van der Waals surface area (Å²) in [5, 5.41) is 3.56. The number of nitrogens with one attached hydrogen (secondary N) is 1. The first kappa shape index (κ1) is 20.2. The minimum atomic E-state index is -3.00. The highest BCUT2D eigenvalue weighted by Gasteiger charge is 2.23. The van der Waals surface area contributed by atoms with Gasteiger partial charge in [-0.25, -0.2) is 23.4 Å². The zero-order valence-corrected chi connectivity index (χ0v) is 18.3. The summed E-state index contributed by atoms with van der Waals surface area (Å²) in [6, 6.07) is 6.63. The minimum Gasteiger partial charge on any atom is -0.340 e. The molecule has 1 aliphatic rings. The van der Waals surface area contributed by atoms with Crippen molar-refractivity contribution in [3.05, 3.63) is 46.7 Å². The number of nitrogens with zero attached hydrogens (tertiary/aromatic N) is 4. The maximum Gasteiger partial charge on any atom is 0.225 e. The highest BCUT2D eigenvalue weighted by atomic mass is 32.2. The van der Waals surface area contributed by atoms with Crippen molar-refractivity contribution < 1.29 is 8.42 Å². The van der Waals surface area contributed by atoms with Gasteiger partial charge in [-0.15, -0.1) is 11.3 Å². The monoisotopic (exact) mass is 431 g/mol. The average molecular weight is 432 g/mol. The number of aryl methyl sites for hydroxylation is 1. The number of thiazole rings is 1. The quantitative estimate of drug-likeness (QED) is 0.615. The molecule has 0 amide bonds. The maximum atomic E-state index is 11.8. The molecule has 1 unspecified atom stereocenters. The highest BCUT2D eigenvalue weighted by Crippen LogP contribution is 2.23. The predicted molar refractivity (Wildman–Crippen MR) is 117 cm³/mol. The molecule has 1 N–H and O–H groups in total. The van der Waals surface area contributed by atoms with Crippen molar-refractivity contribution in [2.45, 2.75) is 32.1 Å². The Kier molecular flexibility index (Phi) is 5.80. The molecule has 0 spiro atoms. The molecule has 29 heavy (non-hydrogen) atoms. The zero-order valence-electron chi connectivity index (χ0n) is 16.6. The first-order chi connectivity index (χ1) is 13.9. The molecule has 0 saturated heterocycles. The Labute approximate surface area is 175 Å². The van der Waals surface area contributed by atoms with E-state index in [9.17, 15) is 8.42 Å². The summed E-state index contributed by atoms with van der Waals surface area (Å²) >= 11 is 1.65. The van der Waals surface area contributed by atoms with Crippen molar-refractivity contribution >= 4 is 37.3 Å². The normalized spacial score (nSPS) is 16.5. The summed E-state index contributed by atoms with van der Waals surface area (Å²) in [5.74, 6) is 0.895. The third-order valence-corrected chi connectivity index (χ3v) is 7.70. The van der Waals surface area contributed by atoms with Crippen LogP contribution < -0.4 is 10.2 Å². The molecular weight excluding hydrogens is 406 g/mol. The number of sulfone groups is 1. The van der Waals surface area contributed by atoms with Crippen LogP contribution in [-0.4, -0.2) is 48.8 Å². The van der Waals surface area contributed by atoms with Gasteiger partial charge in [-0.2, -0.15) is 0 Å². The van der Waals surface area contributed by atoms with Gasteiger partial charge in [-0.1, -0.05) is 6.07 Å². The van der Waals surface area contributed by atoms with Crippen LogP contribution in [0.15, 0.2) is 29.9 Å². The molecule has 4 rings (SSSR count). The van der Waals surface area contributed by atoms with Gasteiger partial charge >= 0.3 is 0 Å². The third-order valence-electron chi connectivity index (χ3n) is 5.32. The fraction of sp³-hybridized carbons (Fsp3) is 0.450. The maximum absolute atomic E-state index is 11.8. The number of benzene rings is 1. The topological polar surface area (TPSA) is 88.1 Å². The van der Waals surface area contributed by atoms with Crippen LogP contribution in [0.25, 0.3) is 10.2 Å². The van der Waals surface area contributed by atoms with E-state index in [4.69, 9.17) is 0 Å². The lowest BCUT2D eigenvalue weighted by Gasteiger charge is -2.24.